The zero-order valence-corrected chi connectivity index (χ0v) is 11.3. The Bertz CT molecular complexity index is 446. The van der Waals surface area contributed by atoms with Crippen molar-refractivity contribution in [1.82, 2.24) is 5.32 Å². The first-order chi connectivity index (χ1) is 8.45. The van der Waals surface area contributed by atoms with Crippen LogP contribution in [0.4, 0.5) is 0 Å². The van der Waals surface area contributed by atoms with E-state index < -0.39 is 5.60 Å². The predicted molar refractivity (Wildman–Crippen MR) is 72.6 cm³/mol. The van der Waals surface area contributed by atoms with Gasteiger partial charge < -0.3 is 10.1 Å². The molecule has 96 valence electrons. The van der Waals surface area contributed by atoms with E-state index >= 15 is 0 Å². The molecule has 18 heavy (non-hydrogen) atoms. The van der Waals surface area contributed by atoms with Crippen LogP contribution in [0.1, 0.15) is 20.3 Å². The second-order valence-corrected chi connectivity index (χ2v) is 4.71. The fourth-order valence-electron chi connectivity index (χ4n) is 1.30. The van der Waals surface area contributed by atoms with Gasteiger partial charge in [0.25, 0.3) is 5.91 Å². The lowest BCUT2D eigenvalue weighted by atomic mass is 10.1. The van der Waals surface area contributed by atoms with Crippen molar-refractivity contribution in [1.29, 1.82) is 0 Å². The number of terminal acetylenes is 1. The Morgan fingerprint density at radius 2 is 2.06 bits per heavy atom. The minimum atomic E-state index is -0.956. The SMILES string of the molecule is C#CCCNC(=O)C(C)(C)Oc1ccc(Cl)cc1. The molecule has 0 aliphatic carbocycles. The van der Waals surface area contributed by atoms with Gasteiger partial charge in [-0.05, 0) is 38.1 Å². The molecule has 3 nitrogen and oxygen atoms in total. The van der Waals surface area contributed by atoms with Crippen molar-refractivity contribution < 1.29 is 9.53 Å². The van der Waals surface area contributed by atoms with E-state index in [1.807, 2.05) is 0 Å². The fraction of sp³-hybridized carbons (Fsp3) is 0.357. The summed E-state index contributed by atoms with van der Waals surface area (Å²) in [4.78, 5) is 11.9. The third kappa shape index (κ3) is 4.31. The highest BCUT2D eigenvalue weighted by Gasteiger charge is 2.29. The highest BCUT2D eigenvalue weighted by atomic mass is 35.5. The van der Waals surface area contributed by atoms with E-state index in [1.54, 1.807) is 38.1 Å². The highest BCUT2D eigenvalue weighted by Crippen LogP contribution is 2.20. The fourth-order valence-corrected chi connectivity index (χ4v) is 1.43. The molecule has 1 aromatic carbocycles. The van der Waals surface area contributed by atoms with E-state index in [2.05, 4.69) is 11.2 Å². The van der Waals surface area contributed by atoms with Gasteiger partial charge in [-0.1, -0.05) is 11.6 Å². The molecule has 0 spiro atoms. The van der Waals surface area contributed by atoms with Crippen LogP contribution < -0.4 is 10.1 Å². The second-order valence-electron chi connectivity index (χ2n) is 4.28. The van der Waals surface area contributed by atoms with Crippen molar-refractivity contribution in [3.8, 4) is 18.1 Å². The molecule has 4 heteroatoms. The zero-order valence-electron chi connectivity index (χ0n) is 10.5. The van der Waals surface area contributed by atoms with Crippen molar-refractivity contribution in [3.63, 3.8) is 0 Å². The van der Waals surface area contributed by atoms with Gasteiger partial charge in [-0.3, -0.25) is 4.79 Å². The summed E-state index contributed by atoms with van der Waals surface area (Å²) in [6.07, 6.45) is 5.62. The first-order valence-electron chi connectivity index (χ1n) is 5.62. The summed E-state index contributed by atoms with van der Waals surface area (Å²) in [6.45, 7) is 3.85. The van der Waals surface area contributed by atoms with Gasteiger partial charge in [0.2, 0.25) is 0 Å². The lowest BCUT2D eigenvalue weighted by molar-refractivity contribution is -0.134. The molecule has 0 atom stereocenters. The Hall–Kier alpha value is -1.66. The highest BCUT2D eigenvalue weighted by molar-refractivity contribution is 6.30. The summed E-state index contributed by atoms with van der Waals surface area (Å²) in [5, 5.41) is 3.35. The second kappa shape index (κ2) is 6.32. The van der Waals surface area contributed by atoms with Gasteiger partial charge >= 0.3 is 0 Å². The molecule has 1 N–H and O–H groups in total. The monoisotopic (exact) mass is 265 g/mol. The average molecular weight is 266 g/mol. The molecule has 0 fully saturated rings. The lowest BCUT2D eigenvalue weighted by Crippen LogP contribution is -2.46. The molecule has 1 rings (SSSR count). The van der Waals surface area contributed by atoms with Crippen molar-refractivity contribution in [2.75, 3.05) is 6.54 Å². The Morgan fingerprint density at radius 1 is 1.44 bits per heavy atom. The summed E-state index contributed by atoms with van der Waals surface area (Å²) in [5.41, 5.74) is -0.956. The third-order valence-electron chi connectivity index (χ3n) is 2.29. The number of carbonyl (C=O) groups excluding carboxylic acids is 1. The number of amides is 1. The lowest BCUT2D eigenvalue weighted by Gasteiger charge is -2.25. The summed E-state index contributed by atoms with van der Waals surface area (Å²) in [7, 11) is 0. The van der Waals surface area contributed by atoms with Crippen molar-refractivity contribution in [2.24, 2.45) is 0 Å². The summed E-state index contributed by atoms with van der Waals surface area (Å²) < 4.78 is 5.63. The molecule has 0 heterocycles. The maximum Gasteiger partial charge on any atom is 0.263 e. The third-order valence-corrected chi connectivity index (χ3v) is 2.54. The van der Waals surface area contributed by atoms with Gasteiger partial charge in [-0.25, -0.2) is 0 Å². The molecular weight excluding hydrogens is 250 g/mol. The minimum Gasteiger partial charge on any atom is -0.478 e. The maximum absolute atomic E-state index is 11.9. The van der Waals surface area contributed by atoms with Gasteiger partial charge in [0.15, 0.2) is 5.60 Å². The van der Waals surface area contributed by atoms with Crippen LogP contribution in [0.5, 0.6) is 5.75 Å². The van der Waals surface area contributed by atoms with Gasteiger partial charge in [0.1, 0.15) is 5.75 Å². The molecule has 1 aromatic rings. The van der Waals surface area contributed by atoms with Crippen LogP contribution in [0, 0.1) is 12.3 Å². The number of carbonyl (C=O) groups is 1. The molecule has 0 saturated heterocycles. The van der Waals surface area contributed by atoms with Gasteiger partial charge in [-0.2, -0.15) is 0 Å². The van der Waals surface area contributed by atoms with Crippen molar-refractivity contribution >= 4 is 17.5 Å². The molecule has 0 bridgehead atoms. The molecule has 0 aliphatic heterocycles. The van der Waals surface area contributed by atoms with E-state index in [-0.39, 0.29) is 5.91 Å². The molecule has 0 unspecified atom stereocenters. The van der Waals surface area contributed by atoms with E-state index in [1.165, 1.54) is 0 Å². The normalized spacial score (nSPS) is 10.6. The Kier molecular flexibility index (Phi) is 5.06. The van der Waals surface area contributed by atoms with Crippen molar-refractivity contribution in [3.05, 3.63) is 29.3 Å². The number of hydrogen-bond donors (Lipinski definition) is 1. The predicted octanol–water partition coefficient (Wildman–Crippen LogP) is 2.64. The van der Waals surface area contributed by atoms with Gasteiger partial charge in [0.05, 0.1) is 0 Å². The van der Waals surface area contributed by atoms with E-state index in [9.17, 15) is 4.79 Å². The van der Waals surface area contributed by atoms with Crippen LogP contribution in [0.15, 0.2) is 24.3 Å². The van der Waals surface area contributed by atoms with Crippen LogP contribution in [-0.4, -0.2) is 18.1 Å². The summed E-state index contributed by atoms with van der Waals surface area (Å²) in [6, 6.07) is 6.87. The number of halogens is 1. The summed E-state index contributed by atoms with van der Waals surface area (Å²) >= 11 is 5.78. The minimum absolute atomic E-state index is 0.201. The number of nitrogens with one attached hydrogen (secondary N) is 1. The Morgan fingerprint density at radius 3 is 2.61 bits per heavy atom. The van der Waals surface area contributed by atoms with E-state index in [0.717, 1.165) is 0 Å². The van der Waals surface area contributed by atoms with Gasteiger partial charge in [0, 0.05) is 18.0 Å². The topological polar surface area (TPSA) is 38.3 Å². The van der Waals surface area contributed by atoms with Crippen LogP contribution >= 0.6 is 11.6 Å². The Labute approximate surface area is 112 Å². The zero-order chi connectivity index (χ0) is 13.6. The molecule has 0 radical (unpaired) electrons. The van der Waals surface area contributed by atoms with Crippen molar-refractivity contribution in [2.45, 2.75) is 25.9 Å². The number of benzene rings is 1. The first kappa shape index (κ1) is 14.4. The van der Waals surface area contributed by atoms with Crippen LogP contribution in [0.2, 0.25) is 5.02 Å². The maximum atomic E-state index is 11.9. The van der Waals surface area contributed by atoms with Crippen LogP contribution in [0.25, 0.3) is 0 Å². The smallest absolute Gasteiger partial charge is 0.263 e. The summed E-state index contributed by atoms with van der Waals surface area (Å²) in [5.74, 6) is 2.85. The number of hydrogen-bond acceptors (Lipinski definition) is 2. The molecular formula is C14H16ClNO2. The van der Waals surface area contributed by atoms with Crippen LogP contribution in [-0.2, 0) is 4.79 Å². The van der Waals surface area contributed by atoms with E-state index in [0.29, 0.717) is 23.7 Å². The van der Waals surface area contributed by atoms with Crippen LogP contribution in [0.3, 0.4) is 0 Å². The van der Waals surface area contributed by atoms with Gasteiger partial charge in [-0.15, -0.1) is 12.3 Å². The largest absolute Gasteiger partial charge is 0.478 e. The molecule has 0 saturated carbocycles. The standard InChI is InChI=1S/C14H16ClNO2/c1-4-5-10-16-13(17)14(2,3)18-12-8-6-11(15)7-9-12/h1,6-9H,5,10H2,2-3H3,(H,16,17). The number of rotatable bonds is 5. The molecule has 0 aromatic heterocycles. The number of ether oxygens (including phenoxy) is 1. The molecule has 1 amide bonds. The Balaban J connectivity index is 2.60. The molecule has 0 aliphatic rings. The average Bonchev–Trinajstić information content (AvgIpc) is 2.32. The first-order valence-corrected chi connectivity index (χ1v) is 6.00. The van der Waals surface area contributed by atoms with E-state index in [4.69, 9.17) is 22.8 Å². The quantitative estimate of drug-likeness (QED) is 0.657.